The van der Waals surface area contributed by atoms with Crippen molar-refractivity contribution in [2.24, 2.45) is 5.92 Å². The van der Waals surface area contributed by atoms with Crippen molar-refractivity contribution < 1.29 is 9.90 Å². The highest BCUT2D eigenvalue weighted by molar-refractivity contribution is 5.78. The second kappa shape index (κ2) is 9.04. The molecular weight excluding hydrogens is 288 g/mol. The van der Waals surface area contributed by atoms with E-state index in [0.29, 0.717) is 6.54 Å². The van der Waals surface area contributed by atoms with E-state index in [2.05, 4.69) is 17.1 Å². The minimum Gasteiger partial charge on any atom is -0.387 e. The molecule has 23 heavy (non-hydrogen) atoms. The normalized spacial score (nSPS) is 20.2. The maximum absolute atomic E-state index is 12.2. The Kier molecular flexibility index (Phi) is 7.06. The summed E-state index contributed by atoms with van der Waals surface area (Å²) < 4.78 is 0. The number of aliphatic hydroxyl groups excluding tert-OH is 1. The highest BCUT2D eigenvalue weighted by Gasteiger charge is 2.26. The maximum atomic E-state index is 12.2. The standard InChI is InChI=1S/C19H30N2O2/c1-3-4-11-20-19(23)17-6-5-12-21(13-17)14-18(22)16-9-7-15(2)8-10-16/h7-10,17-18,22H,3-6,11-14H2,1-2H3,(H,20,23). The lowest BCUT2D eigenvalue weighted by Crippen LogP contribution is -2.44. The van der Waals surface area contributed by atoms with Gasteiger partial charge in [0.05, 0.1) is 12.0 Å². The lowest BCUT2D eigenvalue weighted by atomic mass is 9.96. The van der Waals surface area contributed by atoms with Gasteiger partial charge in [-0.05, 0) is 38.3 Å². The SMILES string of the molecule is CCCCNC(=O)C1CCCN(CC(O)c2ccc(C)cc2)C1. The zero-order valence-corrected chi connectivity index (χ0v) is 14.4. The van der Waals surface area contributed by atoms with Crippen molar-refractivity contribution in [3.8, 4) is 0 Å². The molecule has 2 rings (SSSR count). The van der Waals surface area contributed by atoms with Crippen LogP contribution in [0.3, 0.4) is 0 Å². The van der Waals surface area contributed by atoms with E-state index >= 15 is 0 Å². The Morgan fingerprint density at radius 3 is 2.83 bits per heavy atom. The average molecular weight is 318 g/mol. The Morgan fingerprint density at radius 2 is 2.13 bits per heavy atom. The monoisotopic (exact) mass is 318 g/mol. The first-order chi connectivity index (χ1) is 11.1. The first-order valence-electron chi connectivity index (χ1n) is 8.85. The van der Waals surface area contributed by atoms with Gasteiger partial charge in [-0.2, -0.15) is 0 Å². The minimum atomic E-state index is -0.488. The fourth-order valence-electron chi connectivity index (χ4n) is 3.11. The average Bonchev–Trinajstić information content (AvgIpc) is 2.56. The second-order valence-corrected chi connectivity index (χ2v) is 6.67. The van der Waals surface area contributed by atoms with Gasteiger partial charge in [0.2, 0.25) is 5.91 Å². The summed E-state index contributed by atoms with van der Waals surface area (Å²) >= 11 is 0. The Labute approximate surface area is 139 Å². The van der Waals surface area contributed by atoms with Gasteiger partial charge in [-0.3, -0.25) is 9.69 Å². The van der Waals surface area contributed by atoms with Crippen LogP contribution in [0.4, 0.5) is 0 Å². The van der Waals surface area contributed by atoms with Crippen molar-refractivity contribution in [1.82, 2.24) is 10.2 Å². The molecule has 128 valence electrons. The van der Waals surface area contributed by atoms with Gasteiger partial charge in [0.1, 0.15) is 0 Å². The molecule has 2 N–H and O–H groups in total. The highest BCUT2D eigenvalue weighted by atomic mass is 16.3. The van der Waals surface area contributed by atoms with Crippen LogP contribution in [0.2, 0.25) is 0 Å². The number of likely N-dealkylation sites (tertiary alicyclic amines) is 1. The van der Waals surface area contributed by atoms with Crippen molar-refractivity contribution in [3.05, 3.63) is 35.4 Å². The van der Waals surface area contributed by atoms with Crippen molar-refractivity contribution >= 4 is 5.91 Å². The van der Waals surface area contributed by atoms with E-state index in [1.165, 1.54) is 5.56 Å². The number of benzene rings is 1. The molecule has 1 saturated heterocycles. The molecule has 1 fully saturated rings. The van der Waals surface area contributed by atoms with Crippen LogP contribution in [0.25, 0.3) is 0 Å². The fourth-order valence-corrected chi connectivity index (χ4v) is 3.11. The number of carbonyl (C=O) groups is 1. The van der Waals surface area contributed by atoms with Crippen LogP contribution >= 0.6 is 0 Å². The van der Waals surface area contributed by atoms with Crippen molar-refractivity contribution in [3.63, 3.8) is 0 Å². The van der Waals surface area contributed by atoms with Gasteiger partial charge in [-0.25, -0.2) is 0 Å². The number of amides is 1. The zero-order chi connectivity index (χ0) is 16.7. The number of nitrogens with one attached hydrogen (secondary N) is 1. The molecule has 0 radical (unpaired) electrons. The molecule has 4 heteroatoms. The number of hydrogen-bond donors (Lipinski definition) is 2. The first kappa shape index (κ1) is 18.0. The number of aryl methyl sites for hydroxylation is 1. The third kappa shape index (κ3) is 5.63. The summed E-state index contributed by atoms with van der Waals surface area (Å²) in [6.07, 6.45) is 3.62. The molecule has 1 heterocycles. The number of β-amino-alcohol motifs (C(OH)–C–C–N with tert-alkyl or cyclic N) is 1. The molecule has 1 amide bonds. The maximum Gasteiger partial charge on any atom is 0.224 e. The third-order valence-corrected chi connectivity index (χ3v) is 4.60. The summed E-state index contributed by atoms with van der Waals surface area (Å²) in [5.74, 6) is 0.235. The van der Waals surface area contributed by atoms with E-state index in [0.717, 1.165) is 50.9 Å². The van der Waals surface area contributed by atoms with Crippen molar-refractivity contribution in [2.45, 2.75) is 45.6 Å². The number of hydrogen-bond acceptors (Lipinski definition) is 3. The lowest BCUT2D eigenvalue weighted by Gasteiger charge is -2.33. The summed E-state index contributed by atoms with van der Waals surface area (Å²) in [6.45, 7) is 7.26. The largest absolute Gasteiger partial charge is 0.387 e. The predicted octanol–water partition coefficient (Wildman–Crippen LogP) is 2.66. The Morgan fingerprint density at radius 1 is 1.39 bits per heavy atom. The number of aliphatic hydroxyl groups is 1. The summed E-state index contributed by atoms with van der Waals surface area (Å²) in [7, 11) is 0. The molecule has 0 aromatic heterocycles. The van der Waals surface area contributed by atoms with Gasteiger partial charge in [0.15, 0.2) is 0 Å². The summed E-state index contributed by atoms with van der Waals surface area (Å²) in [6, 6.07) is 8.02. The number of nitrogens with zero attached hydrogens (tertiary/aromatic N) is 1. The predicted molar refractivity (Wildman–Crippen MR) is 93.2 cm³/mol. The molecule has 2 atom stereocenters. The number of piperidine rings is 1. The topological polar surface area (TPSA) is 52.6 Å². The number of carbonyl (C=O) groups excluding carboxylic acids is 1. The van der Waals surface area contributed by atoms with Crippen LogP contribution in [0.5, 0.6) is 0 Å². The molecule has 1 aromatic carbocycles. The smallest absolute Gasteiger partial charge is 0.224 e. The van der Waals surface area contributed by atoms with Gasteiger partial charge < -0.3 is 10.4 Å². The molecule has 2 unspecified atom stereocenters. The molecule has 1 aliphatic heterocycles. The molecule has 0 bridgehead atoms. The summed E-state index contributed by atoms with van der Waals surface area (Å²) in [5, 5.41) is 13.5. The first-order valence-corrected chi connectivity index (χ1v) is 8.85. The minimum absolute atomic E-state index is 0.0609. The van der Waals surface area contributed by atoms with E-state index in [4.69, 9.17) is 0 Å². The van der Waals surface area contributed by atoms with Crippen LogP contribution in [0.1, 0.15) is 49.8 Å². The Bertz CT molecular complexity index is 487. The van der Waals surface area contributed by atoms with Crippen molar-refractivity contribution in [2.75, 3.05) is 26.2 Å². The fraction of sp³-hybridized carbons (Fsp3) is 0.632. The molecule has 1 aromatic rings. The van der Waals surface area contributed by atoms with E-state index in [1.54, 1.807) is 0 Å². The van der Waals surface area contributed by atoms with Gasteiger partial charge in [-0.1, -0.05) is 43.2 Å². The van der Waals surface area contributed by atoms with Gasteiger partial charge in [-0.15, -0.1) is 0 Å². The molecule has 4 nitrogen and oxygen atoms in total. The van der Waals surface area contributed by atoms with Gasteiger partial charge in [0, 0.05) is 19.6 Å². The molecule has 0 aliphatic carbocycles. The highest BCUT2D eigenvalue weighted by Crippen LogP contribution is 2.21. The van der Waals surface area contributed by atoms with Crippen LogP contribution in [-0.2, 0) is 4.79 Å². The van der Waals surface area contributed by atoms with Gasteiger partial charge >= 0.3 is 0 Å². The molecule has 1 aliphatic rings. The lowest BCUT2D eigenvalue weighted by molar-refractivity contribution is -0.126. The van der Waals surface area contributed by atoms with Crippen LogP contribution in [0.15, 0.2) is 24.3 Å². The van der Waals surface area contributed by atoms with Crippen LogP contribution < -0.4 is 5.32 Å². The number of rotatable bonds is 7. The van der Waals surface area contributed by atoms with E-state index in [-0.39, 0.29) is 11.8 Å². The molecule has 0 saturated carbocycles. The Hall–Kier alpha value is -1.39. The third-order valence-electron chi connectivity index (χ3n) is 4.60. The van der Waals surface area contributed by atoms with E-state index < -0.39 is 6.10 Å². The van der Waals surface area contributed by atoms with E-state index in [1.807, 2.05) is 31.2 Å². The Balaban J connectivity index is 1.83. The molecule has 0 spiro atoms. The zero-order valence-electron chi connectivity index (χ0n) is 14.4. The van der Waals surface area contributed by atoms with Crippen LogP contribution in [0, 0.1) is 12.8 Å². The van der Waals surface area contributed by atoms with E-state index in [9.17, 15) is 9.90 Å². The number of unbranched alkanes of at least 4 members (excludes halogenated alkanes) is 1. The van der Waals surface area contributed by atoms with Crippen LogP contribution in [-0.4, -0.2) is 42.1 Å². The second-order valence-electron chi connectivity index (χ2n) is 6.67. The quantitative estimate of drug-likeness (QED) is 0.760. The van der Waals surface area contributed by atoms with Crippen molar-refractivity contribution in [1.29, 1.82) is 0 Å². The van der Waals surface area contributed by atoms with Gasteiger partial charge in [0.25, 0.3) is 0 Å². The summed E-state index contributed by atoms with van der Waals surface area (Å²) in [5.41, 5.74) is 2.15. The molecular formula is C19H30N2O2. The summed E-state index contributed by atoms with van der Waals surface area (Å²) in [4.78, 5) is 14.4.